The van der Waals surface area contributed by atoms with E-state index < -0.39 is 0 Å². The molecule has 0 aliphatic carbocycles. The molecule has 0 bridgehead atoms. The first-order chi connectivity index (χ1) is 9.13. The lowest BCUT2D eigenvalue weighted by Gasteiger charge is -2.06. The van der Waals surface area contributed by atoms with E-state index in [1.807, 2.05) is 48.5 Å². The SMILES string of the molecule is O=C(Cc1ccc(Br)cc1)NCc1cccc(Cl)c1. The molecule has 0 aromatic heterocycles. The molecule has 2 aromatic carbocycles. The van der Waals surface area contributed by atoms with Crippen LogP contribution in [-0.4, -0.2) is 5.91 Å². The third-order valence-electron chi connectivity index (χ3n) is 2.66. The van der Waals surface area contributed by atoms with E-state index in [1.54, 1.807) is 0 Å². The van der Waals surface area contributed by atoms with E-state index in [0.29, 0.717) is 18.0 Å². The molecule has 0 unspecified atom stereocenters. The smallest absolute Gasteiger partial charge is 0.224 e. The Hall–Kier alpha value is -1.32. The molecular formula is C15H13BrClNO. The van der Waals surface area contributed by atoms with E-state index in [-0.39, 0.29) is 5.91 Å². The molecule has 19 heavy (non-hydrogen) atoms. The fourth-order valence-corrected chi connectivity index (χ4v) is 2.17. The highest BCUT2D eigenvalue weighted by molar-refractivity contribution is 9.10. The second-order valence-electron chi connectivity index (χ2n) is 4.21. The normalized spacial score (nSPS) is 10.2. The number of nitrogens with one attached hydrogen (secondary N) is 1. The lowest BCUT2D eigenvalue weighted by molar-refractivity contribution is -0.120. The minimum atomic E-state index is 0.00213. The summed E-state index contributed by atoms with van der Waals surface area (Å²) in [6.07, 6.45) is 0.383. The van der Waals surface area contributed by atoms with Crippen LogP contribution in [0, 0.1) is 0 Å². The summed E-state index contributed by atoms with van der Waals surface area (Å²) in [4.78, 5) is 11.8. The van der Waals surface area contributed by atoms with Crippen molar-refractivity contribution in [3.63, 3.8) is 0 Å². The number of benzene rings is 2. The zero-order valence-electron chi connectivity index (χ0n) is 10.2. The van der Waals surface area contributed by atoms with Gasteiger partial charge in [-0.1, -0.05) is 51.8 Å². The van der Waals surface area contributed by atoms with Gasteiger partial charge >= 0.3 is 0 Å². The van der Waals surface area contributed by atoms with Crippen LogP contribution in [0.4, 0.5) is 0 Å². The molecular weight excluding hydrogens is 326 g/mol. The maximum Gasteiger partial charge on any atom is 0.224 e. The van der Waals surface area contributed by atoms with Crippen molar-refractivity contribution in [1.82, 2.24) is 5.32 Å². The Labute approximate surface area is 125 Å². The second kappa shape index (κ2) is 6.73. The zero-order valence-corrected chi connectivity index (χ0v) is 12.5. The molecule has 0 aliphatic heterocycles. The molecule has 2 aromatic rings. The molecule has 0 fully saturated rings. The van der Waals surface area contributed by atoms with Crippen LogP contribution in [0.25, 0.3) is 0 Å². The predicted octanol–water partition coefficient (Wildman–Crippen LogP) is 3.96. The van der Waals surface area contributed by atoms with Gasteiger partial charge in [-0.2, -0.15) is 0 Å². The first kappa shape index (κ1) is 14.1. The van der Waals surface area contributed by atoms with Gasteiger partial charge in [0.05, 0.1) is 6.42 Å². The van der Waals surface area contributed by atoms with Gasteiger partial charge in [0.15, 0.2) is 0 Å². The topological polar surface area (TPSA) is 29.1 Å². The molecule has 98 valence electrons. The highest BCUT2D eigenvalue weighted by Crippen LogP contribution is 2.12. The number of amides is 1. The Kier molecular flexibility index (Phi) is 5.00. The molecule has 4 heteroatoms. The Morgan fingerprint density at radius 1 is 1.11 bits per heavy atom. The van der Waals surface area contributed by atoms with E-state index in [2.05, 4.69) is 21.2 Å². The Bertz CT molecular complexity index is 569. The third-order valence-corrected chi connectivity index (χ3v) is 3.42. The largest absolute Gasteiger partial charge is 0.352 e. The van der Waals surface area contributed by atoms with Crippen LogP contribution in [0.3, 0.4) is 0 Å². The fourth-order valence-electron chi connectivity index (χ4n) is 1.70. The molecule has 0 heterocycles. The average molecular weight is 339 g/mol. The Balaban J connectivity index is 1.86. The lowest BCUT2D eigenvalue weighted by atomic mass is 10.1. The molecule has 2 rings (SSSR count). The minimum Gasteiger partial charge on any atom is -0.352 e. The third kappa shape index (κ3) is 4.69. The van der Waals surface area contributed by atoms with Crippen LogP contribution >= 0.6 is 27.5 Å². The van der Waals surface area contributed by atoms with Crippen molar-refractivity contribution in [2.24, 2.45) is 0 Å². The molecule has 0 atom stereocenters. The van der Waals surface area contributed by atoms with Crippen molar-refractivity contribution < 1.29 is 4.79 Å². The maximum absolute atomic E-state index is 11.8. The van der Waals surface area contributed by atoms with Crippen LogP contribution in [0.5, 0.6) is 0 Å². The van der Waals surface area contributed by atoms with Crippen molar-refractivity contribution in [2.45, 2.75) is 13.0 Å². The quantitative estimate of drug-likeness (QED) is 0.898. The van der Waals surface area contributed by atoms with Gasteiger partial charge in [-0.25, -0.2) is 0 Å². The molecule has 2 nitrogen and oxygen atoms in total. The van der Waals surface area contributed by atoms with Crippen molar-refractivity contribution >= 4 is 33.4 Å². The Morgan fingerprint density at radius 3 is 2.53 bits per heavy atom. The molecule has 0 saturated heterocycles. The van der Waals surface area contributed by atoms with Gasteiger partial charge in [0.1, 0.15) is 0 Å². The van der Waals surface area contributed by atoms with Gasteiger partial charge in [-0.15, -0.1) is 0 Å². The number of hydrogen-bond acceptors (Lipinski definition) is 1. The zero-order chi connectivity index (χ0) is 13.7. The average Bonchev–Trinajstić information content (AvgIpc) is 2.39. The summed E-state index contributed by atoms with van der Waals surface area (Å²) in [7, 11) is 0. The Morgan fingerprint density at radius 2 is 1.84 bits per heavy atom. The van der Waals surface area contributed by atoms with Crippen LogP contribution in [0.2, 0.25) is 5.02 Å². The number of hydrogen-bond donors (Lipinski definition) is 1. The van der Waals surface area contributed by atoms with Crippen LogP contribution in [0.15, 0.2) is 53.0 Å². The van der Waals surface area contributed by atoms with Crippen molar-refractivity contribution in [1.29, 1.82) is 0 Å². The predicted molar refractivity (Wildman–Crippen MR) is 81.1 cm³/mol. The van der Waals surface area contributed by atoms with Gasteiger partial charge in [-0.05, 0) is 35.4 Å². The highest BCUT2D eigenvalue weighted by Gasteiger charge is 2.03. The number of carbonyl (C=O) groups excluding carboxylic acids is 1. The van der Waals surface area contributed by atoms with E-state index in [1.165, 1.54) is 0 Å². The minimum absolute atomic E-state index is 0.00213. The molecule has 0 aliphatic rings. The summed E-state index contributed by atoms with van der Waals surface area (Å²) < 4.78 is 1.01. The van der Waals surface area contributed by atoms with Gasteiger partial charge in [-0.3, -0.25) is 4.79 Å². The summed E-state index contributed by atoms with van der Waals surface area (Å²) >= 11 is 9.25. The molecule has 0 radical (unpaired) electrons. The van der Waals surface area contributed by atoms with Crippen molar-refractivity contribution in [3.05, 3.63) is 69.2 Å². The van der Waals surface area contributed by atoms with Crippen molar-refractivity contribution in [3.8, 4) is 0 Å². The fraction of sp³-hybridized carbons (Fsp3) is 0.133. The molecule has 1 amide bonds. The lowest BCUT2D eigenvalue weighted by Crippen LogP contribution is -2.24. The summed E-state index contributed by atoms with van der Waals surface area (Å²) in [5, 5.41) is 3.56. The van der Waals surface area contributed by atoms with Gasteiger partial charge in [0, 0.05) is 16.0 Å². The summed E-state index contributed by atoms with van der Waals surface area (Å²) in [5.74, 6) is 0.00213. The van der Waals surface area contributed by atoms with E-state index in [0.717, 1.165) is 15.6 Å². The van der Waals surface area contributed by atoms with E-state index in [9.17, 15) is 4.79 Å². The first-order valence-electron chi connectivity index (χ1n) is 5.89. The van der Waals surface area contributed by atoms with Crippen LogP contribution in [0.1, 0.15) is 11.1 Å². The molecule has 0 saturated carbocycles. The second-order valence-corrected chi connectivity index (χ2v) is 5.56. The standard InChI is InChI=1S/C15H13BrClNO/c16-13-6-4-11(5-7-13)9-15(19)18-10-12-2-1-3-14(17)8-12/h1-8H,9-10H2,(H,18,19). The van der Waals surface area contributed by atoms with Crippen LogP contribution < -0.4 is 5.32 Å². The van der Waals surface area contributed by atoms with Gasteiger partial charge in [0.25, 0.3) is 0 Å². The monoisotopic (exact) mass is 337 g/mol. The number of carbonyl (C=O) groups is 1. The van der Waals surface area contributed by atoms with E-state index >= 15 is 0 Å². The number of halogens is 2. The maximum atomic E-state index is 11.8. The van der Waals surface area contributed by atoms with Crippen LogP contribution in [-0.2, 0) is 17.8 Å². The summed E-state index contributed by atoms with van der Waals surface area (Å²) in [5.41, 5.74) is 1.99. The highest BCUT2D eigenvalue weighted by atomic mass is 79.9. The van der Waals surface area contributed by atoms with Gasteiger partial charge in [0.2, 0.25) is 5.91 Å². The number of rotatable bonds is 4. The van der Waals surface area contributed by atoms with Crippen molar-refractivity contribution in [2.75, 3.05) is 0 Å². The molecule has 1 N–H and O–H groups in total. The summed E-state index contributed by atoms with van der Waals surface area (Å²) in [6.45, 7) is 0.496. The first-order valence-corrected chi connectivity index (χ1v) is 7.06. The van der Waals surface area contributed by atoms with E-state index in [4.69, 9.17) is 11.6 Å². The molecule has 0 spiro atoms. The summed E-state index contributed by atoms with van der Waals surface area (Å²) in [6, 6.07) is 15.2. The van der Waals surface area contributed by atoms with Gasteiger partial charge < -0.3 is 5.32 Å².